The summed E-state index contributed by atoms with van der Waals surface area (Å²) in [6.45, 7) is 3.40. The van der Waals surface area contributed by atoms with Crippen molar-refractivity contribution in [3.8, 4) is 5.75 Å². The second-order valence-corrected chi connectivity index (χ2v) is 9.76. The highest BCUT2D eigenvalue weighted by Crippen LogP contribution is 2.26. The van der Waals surface area contributed by atoms with Gasteiger partial charge in [-0.2, -0.15) is 0 Å². The standard InChI is InChI=1S/C25H25ClN2O3S/c1-2-3-15-31-22-9-11-23(12-10-22)32(29,30)28-21-6-4-5-19(16-21)25-24-17-20(26)8-7-18(24)13-14-27-25/h4-12,16-17,28H,2-3,13-15H2,1H3. The number of rotatable bonds is 8. The van der Waals surface area contributed by atoms with Crippen molar-refractivity contribution in [3.63, 3.8) is 0 Å². The largest absolute Gasteiger partial charge is 0.494 e. The van der Waals surface area contributed by atoms with E-state index in [2.05, 4.69) is 16.6 Å². The molecule has 0 amide bonds. The van der Waals surface area contributed by atoms with Gasteiger partial charge in [-0.15, -0.1) is 0 Å². The van der Waals surface area contributed by atoms with Crippen LogP contribution in [-0.4, -0.2) is 27.3 Å². The Morgan fingerprint density at radius 1 is 1.06 bits per heavy atom. The van der Waals surface area contributed by atoms with Crippen molar-refractivity contribution >= 4 is 33.0 Å². The smallest absolute Gasteiger partial charge is 0.261 e. The Bertz CT molecular complexity index is 1240. The van der Waals surface area contributed by atoms with E-state index in [0.29, 0.717) is 29.6 Å². The zero-order chi connectivity index (χ0) is 22.6. The third kappa shape index (κ3) is 5.14. The molecule has 4 rings (SSSR count). The van der Waals surface area contributed by atoms with Crippen molar-refractivity contribution in [2.45, 2.75) is 31.1 Å². The highest BCUT2D eigenvalue weighted by molar-refractivity contribution is 7.92. The first kappa shape index (κ1) is 22.4. The van der Waals surface area contributed by atoms with Gasteiger partial charge in [0.1, 0.15) is 5.75 Å². The quantitative estimate of drug-likeness (QED) is 0.430. The van der Waals surface area contributed by atoms with Gasteiger partial charge < -0.3 is 4.74 Å². The average Bonchev–Trinajstić information content (AvgIpc) is 2.79. The fourth-order valence-electron chi connectivity index (χ4n) is 3.60. The van der Waals surface area contributed by atoms with Gasteiger partial charge in [-0.25, -0.2) is 8.42 Å². The molecule has 1 aliphatic heterocycles. The molecule has 7 heteroatoms. The molecule has 0 bridgehead atoms. The molecule has 5 nitrogen and oxygen atoms in total. The Balaban J connectivity index is 1.54. The summed E-state index contributed by atoms with van der Waals surface area (Å²) in [4.78, 5) is 4.86. The molecule has 3 aromatic rings. The molecule has 32 heavy (non-hydrogen) atoms. The zero-order valence-corrected chi connectivity index (χ0v) is 19.4. The molecule has 0 saturated carbocycles. The van der Waals surface area contributed by atoms with E-state index in [-0.39, 0.29) is 4.90 Å². The number of hydrogen-bond acceptors (Lipinski definition) is 4. The summed E-state index contributed by atoms with van der Waals surface area (Å²) in [5, 5.41) is 0.650. The van der Waals surface area contributed by atoms with Gasteiger partial charge in [-0.3, -0.25) is 9.71 Å². The number of nitrogens with zero attached hydrogens (tertiary/aromatic N) is 1. The van der Waals surface area contributed by atoms with E-state index >= 15 is 0 Å². The Morgan fingerprint density at radius 3 is 2.66 bits per heavy atom. The molecular weight excluding hydrogens is 444 g/mol. The van der Waals surface area contributed by atoms with Crippen LogP contribution in [0, 0.1) is 0 Å². The second-order valence-electron chi connectivity index (χ2n) is 7.64. The van der Waals surface area contributed by atoms with Crippen LogP contribution >= 0.6 is 11.6 Å². The topological polar surface area (TPSA) is 67.8 Å². The number of aliphatic imine (C=N–C) groups is 1. The first-order valence-electron chi connectivity index (χ1n) is 10.7. The van der Waals surface area contributed by atoms with Crippen molar-refractivity contribution in [1.82, 2.24) is 0 Å². The van der Waals surface area contributed by atoms with Crippen molar-refractivity contribution in [1.29, 1.82) is 0 Å². The molecule has 1 heterocycles. The number of nitrogens with one attached hydrogen (secondary N) is 1. The van der Waals surface area contributed by atoms with Gasteiger partial charge >= 0.3 is 0 Å². The van der Waals surface area contributed by atoms with Crippen LogP contribution < -0.4 is 9.46 Å². The van der Waals surface area contributed by atoms with E-state index in [4.69, 9.17) is 16.3 Å². The molecule has 0 saturated heterocycles. The SMILES string of the molecule is CCCCOc1ccc(S(=O)(=O)Nc2cccc(C3=NCCc4ccc(Cl)cc43)c2)cc1. The molecule has 0 unspecified atom stereocenters. The average molecular weight is 469 g/mol. The van der Waals surface area contributed by atoms with E-state index in [9.17, 15) is 8.42 Å². The van der Waals surface area contributed by atoms with Gasteiger partial charge in [0, 0.05) is 28.4 Å². The van der Waals surface area contributed by atoms with Gasteiger partial charge in [-0.05, 0) is 66.9 Å². The highest BCUT2D eigenvalue weighted by atomic mass is 35.5. The van der Waals surface area contributed by atoms with Gasteiger partial charge in [-0.1, -0.05) is 43.1 Å². The summed E-state index contributed by atoms with van der Waals surface area (Å²) < 4.78 is 34.1. The Hall–Kier alpha value is -2.83. The van der Waals surface area contributed by atoms with Gasteiger partial charge in [0.15, 0.2) is 0 Å². The van der Waals surface area contributed by atoms with Gasteiger partial charge in [0.25, 0.3) is 10.0 Å². The third-order valence-electron chi connectivity index (χ3n) is 5.27. The summed E-state index contributed by atoms with van der Waals surface area (Å²) in [6, 6.07) is 19.6. The summed E-state index contributed by atoms with van der Waals surface area (Å²) in [7, 11) is -3.74. The predicted octanol–water partition coefficient (Wildman–Crippen LogP) is 5.71. The van der Waals surface area contributed by atoms with E-state index in [1.54, 1.807) is 36.4 Å². The van der Waals surface area contributed by atoms with E-state index in [0.717, 1.165) is 36.1 Å². The Labute approximate surface area is 194 Å². The van der Waals surface area contributed by atoms with E-state index in [1.807, 2.05) is 30.3 Å². The number of sulfonamides is 1. The summed E-state index contributed by atoms with van der Waals surface area (Å²) in [5.74, 6) is 0.659. The van der Waals surface area contributed by atoms with Crippen molar-refractivity contribution in [3.05, 3.63) is 88.4 Å². The Kier molecular flexibility index (Phi) is 6.82. The molecule has 0 atom stereocenters. The van der Waals surface area contributed by atoms with Crippen LogP contribution in [0.1, 0.15) is 36.5 Å². The van der Waals surface area contributed by atoms with Crippen LogP contribution in [0.25, 0.3) is 0 Å². The third-order valence-corrected chi connectivity index (χ3v) is 6.90. The number of benzene rings is 3. The van der Waals surface area contributed by atoms with Crippen molar-refractivity contribution in [2.24, 2.45) is 4.99 Å². The molecule has 1 aliphatic rings. The lowest BCUT2D eigenvalue weighted by Gasteiger charge is -2.18. The van der Waals surface area contributed by atoms with Crippen molar-refractivity contribution < 1.29 is 13.2 Å². The minimum absolute atomic E-state index is 0.179. The first-order valence-corrected chi connectivity index (χ1v) is 12.5. The molecule has 0 fully saturated rings. The van der Waals surface area contributed by atoms with Crippen LogP contribution in [-0.2, 0) is 16.4 Å². The molecule has 1 N–H and O–H groups in total. The molecular formula is C25H25ClN2O3S. The van der Waals surface area contributed by atoms with Crippen LogP contribution in [0.2, 0.25) is 5.02 Å². The maximum Gasteiger partial charge on any atom is 0.261 e. The second kappa shape index (κ2) is 9.76. The summed E-state index contributed by atoms with van der Waals surface area (Å²) in [5.41, 5.74) is 4.31. The molecule has 0 aliphatic carbocycles. The first-order chi connectivity index (χ1) is 15.5. The fourth-order valence-corrected chi connectivity index (χ4v) is 4.82. The number of unbranched alkanes of at least 4 members (excludes halogenated alkanes) is 1. The maximum absolute atomic E-state index is 12.9. The lowest BCUT2D eigenvalue weighted by atomic mass is 9.93. The van der Waals surface area contributed by atoms with Crippen LogP contribution in [0.4, 0.5) is 5.69 Å². The minimum atomic E-state index is -3.74. The van der Waals surface area contributed by atoms with E-state index < -0.39 is 10.0 Å². The highest BCUT2D eigenvalue weighted by Gasteiger charge is 2.18. The minimum Gasteiger partial charge on any atom is -0.494 e. The normalized spacial score (nSPS) is 13.2. The van der Waals surface area contributed by atoms with Crippen LogP contribution in [0.15, 0.2) is 76.6 Å². The number of ether oxygens (including phenoxy) is 1. The van der Waals surface area contributed by atoms with Crippen LogP contribution in [0.5, 0.6) is 5.75 Å². The summed E-state index contributed by atoms with van der Waals surface area (Å²) in [6.07, 6.45) is 2.86. The molecule has 0 spiro atoms. The van der Waals surface area contributed by atoms with Gasteiger partial charge in [0.05, 0.1) is 17.2 Å². The zero-order valence-electron chi connectivity index (χ0n) is 17.8. The number of halogens is 1. The fraction of sp³-hybridized carbons (Fsp3) is 0.240. The maximum atomic E-state index is 12.9. The van der Waals surface area contributed by atoms with E-state index in [1.165, 1.54) is 5.56 Å². The van der Waals surface area contributed by atoms with Crippen molar-refractivity contribution in [2.75, 3.05) is 17.9 Å². The molecule has 0 aromatic heterocycles. The molecule has 166 valence electrons. The summed E-state index contributed by atoms with van der Waals surface area (Å²) >= 11 is 6.21. The number of hydrogen-bond donors (Lipinski definition) is 1. The lowest BCUT2D eigenvalue weighted by Crippen LogP contribution is -2.16. The lowest BCUT2D eigenvalue weighted by molar-refractivity contribution is 0.309. The number of anilines is 1. The Morgan fingerprint density at radius 2 is 1.88 bits per heavy atom. The number of fused-ring (bicyclic) bond motifs is 1. The van der Waals surface area contributed by atoms with Crippen LogP contribution in [0.3, 0.4) is 0 Å². The monoisotopic (exact) mass is 468 g/mol. The predicted molar refractivity (Wildman–Crippen MR) is 130 cm³/mol. The molecule has 3 aromatic carbocycles. The van der Waals surface area contributed by atoms with Gasteiger partial charge in [0.2, 0.25) is 0 Å². The molecule has 0 radical (unpaired) electrons.